The van der Waals surface area contributed by atoms with Gasteiger partial charge in [-0.3, -0.25) is 9.59 Å². The number of amides is 2. The number of primary amides is 1. The van der Waals surface area contributed by atoms with Crippen molar-refractivity contribution in [2.75, 3.05) is 29.4 Å². The zero-order valence-corrected chi connectivity index (χ0v) is 16.0. The van der Waals surface area contributed by atoms with Crippen LogP contribution in [-0.4, -0.2) is 36.4 Å². The fourth-order valence-corrected chi connectivity index (χ4v) is 4.26. The van der Waals surface area contributed by atoms with Gasteiger partial charge in [-0.2, -0.15) is 0 Å². The molecule has 2 amide bonds. The van der Waals surface area contributed by atoms with E-state index in [2.05, 4.69) is 16.0 Å². The Balaban J connectivity index is 1.43. The van der Waals surface area contributed by atoms with Crippen molar-refractivity contribution in [3.63, 3.8) is 0 Å². The summed E-state index contributed by atoms with van der Waals surface area (Å²) in [4.78, 5) is 32.6. The highest BCUT2D eigenvalue weighted by Gasteiger charge is 2.26. The number of nitrogens with zero attached hydrogens (tertiary/aromatic N) is 3. The summed E-state index contributed by atoms with van der Waals surface area (Å²) >= 11 is 0. The van der Waals surface area contributed by atoms with Gasteiger partial charge in [-0.15, -0.1) is 0 Å². The van der Waals surface area contributed by atoms with Gasteiger partial charge >= 0.3 is 0 Å². The van der Waals surface area contributed by atoms with Crippen LogP contribution in [-0.2, 0) is 11.2 Å². The van der Waals surface area contributed by atoms with E-state index in [0.29, 0.717) is 24.4 Å². The monoisotopic (exact) mass is 378 g/mol. The molecule has 2 N–H and O–H groups in total. The molecule has 28 heavy (non-hydrogen) atoms. The second-order valence-electron chi connectivity index (χ2n) is 7.70. The van der Waals surface area contributed by atoms with E-state index in [0.717, 1.165) is 50.3 Å². The summed E-state index contributed by atoms with van der Waals surface area (Å²) in [6.07, 6.45) is 6.05. The van der Waals surface area contributed by atoms with Crippen molar-refractivity contribution in [2.45, 2.75) is 32.1 Å². The van der Waals surface area contributed by atoms with Gasteiger partial charge in [0.2, 0.25) is 5.91 Å². The van der Waals surface area contributed by atoms with Gasteiger partial charge in [-0.25, -0.2) is 4.98 Å². The van der Waals surface area contributed by atoms with E-state index in [4.69, 9.17) is 5.73 Å². The number of carbonyl (C=O) groups excluding carboxylic acids is 2. The average molecular weight is 378 g/mol. The number of nitrogens with two attached hydrogens (primary N) is 1. The molecule has 0 unspecified atom stereocenters. The van der Waals surface area contributed by atoms with Crippen molar-refractivity contribution < 1.29 is 9.59 Å². The van der Waals surface area contributed by atoms with Crippen molar-refractivity contribution in [1.82, 2.24) is 4.98 Å². The summed E-state index contributed by atoms with van der Waals surface area (Å²) in [5.41, 5.74) is 8.12. The Labute approximate surface area is 165 Å². The number of pyridine rings is 1. The van der Waals surface area contributed by atoms with E-state index in [1.165, 1.54) is 5.56 Å². The number of piperidine rings is 1. The fourth-order valence-electron chi connectivity index (χ4n) is 4.26. The number of fused-ring (bicyclic) bond motifs is 1. The topological polar surface area (TPSA) is 79.5 Å². The molecule has 2 aromatic rings. The standard InChI is InChI=1S/C22H26N4O2/c23-20(27)9-7-16-4-3-12-25(15-16)21-10-8-18(14-24-21)22(28)26-13-11-17-5-1-2-6-19(17)26/h1-2,5-6,8,10,14,16H,3-4,7,9,11-13,15H2,(H2,23,27)/t16-/m1/s1. The summed E-state index contributed by atoms with van der Waals surface area (Å²) in [5, 5.41) is 0. The van der Waals surface area contributed by atoms with E-state index in [1.54, 1.807) is 6.20 Å². The maximum Gasteiger partial charge on any atom is 0.259 e. The minimum atomic E-state index is -0.235. The van der Waals surface area contributed by atoms with Crippen molar-refractivity contribution in [3.8, 4) is 0 Å². The highest BCUT2D eigenvalue weighted by molar-refractivity contribution is 6.07. The zero-order valence-electron chi connectivity index (χ0n) is 16.0. The van der Waals surface area contributed by atoms with Crippen LogP contribution in [0.15, 0.2) is 42.6 Å². The van der Waals surface area contributed by atoms with Crippen molar-refractivity contribution in [1.29, 1.82) is 0 Å². The number of aromatic nitrogens is 1. The Morgan fingerprint density at radius 3 is 2.79 bits per heavy atom. The van der Waals surface area contributed by atoms with Gasteiger partial charge in [-0.05, 0) is 55.4 Å². The molecule has 0 aliphatic carbocycles. The number of para-hydroxylation sites is 1. The predicted molar refractivity (Wildman–Crippen MR) is 109 cm³/mol. The van der Waals surface area contributed by atoms with Gasteiger partial charge in [-0.1, -0.05) is 18.2 Å². The van der Waals surface area contributed by atoms with Gasteiger partial charge in [0.1, 0.15) is 5.82 Å². The van der Waals surface area contributed by atoms with Crippen LogP contribution in [0.1, 0.15) is 41.6 Å². The first-order valence-corrected chi connectivity index (χ1v) is 10.0. The molecule has 4 rings (SSSR count). The normalized spacial score (nSPS) is 18.8. The third-order valence-corrected chi connectivity index (χ3v) is 5.77. The van der Waals surface area contributed by atoms with Crippen LogP contribution in [0.4, 0.5) is 11.5 Å². The van der Waals surface area contributed by atoms with Crippen LogP contribution >= 0.6 is 0 Å². The van der Waals surface area contributed by atoms with Crippen LogP contribution in [0.3, 0.4) is 0 Å². The van der Waals surface area contributed by atoms with Crippen LogP contribution in [0.2, 0.25) is 0 Å². The second kappa shape index (κ2) is 8.00. The average Bonchev–Trinajstić information content (AvgIpc) is 3.16. The molecule has 146 valence electrons. The molecule has 0 radical (unpaired) electrons. The van der Waals surface area contributed by atoms with Crippen LogP contribution in [0, 0.1) is 5.92 Å². The molecule has 3 heterocycles. The first kappa shape index (κ1) is 18.5. The molecule has 0 spiro atoms. The van der Waals surface area contributed by atoms with E-state index in [9.17, 15) is 9.59 Å². The lowest BCUT2D eigenvalue weighted by atomic mass is 9.93. The summed E-state index contributed by atoms with van der Waals surface area (Å²) < 4.78 is 0. The Bertz CT molecular complexity index is 865. The van der Waals surface area contributed by atoms with E-state index in [1.807, 2.05) is 35.2 Å². The molecule has 1 aromatic heterocycles. The molecule has 1 fully saturated rings. The number of hydrogen-bond donors (Lipinski definition) is 1. The Kier molecular flexibility index (Phi) is 5.28. The lowest BCUT2D eigenvalue weighted by Gasteiger charge is -2.33. The smallest absolute Gasteiger partial charge is 0.259 e. The molecule has 2 aliphatic heterocycles. The quantitative estimate of drug-likeness (QED) is 0.868. The summed E-state index contributed by atoms with van der Waals surface area (Å²) in [6, 6.07) is 11.9. The first-order chi connectivity index (χ1) is 13.6. The second-order valence-corrected chi connectivity index (χ2v) is 7.70. The van der Waals surface area contributed by atoms with Crippen molar-refractivity contribution in [2.24, 2.45) is 11.7 Å². The molecule has 6 heteroatoms. The Morgan fingerprint density at radius 1 is 1.14 bits per heavy atom. The Morgan fingerprint density at radius 2 is 2.00 bits per heavy atom. The van der Waals surface area contributed by atoms with Crippen molar-refractivity contribution >= 4 is 23.3 Å². The van der Waals surface area contributed by atoms with Gasteiger partial charge in [0.25, 0.3) is 5.91 Å². The van der Waals surface area contributed by atoms with Gasteiger partial charge < -0.3 is 15.5 Å². The SMILES string of the molecule is NC(=O)CC[C@H]1CCCN(c2ccc(C(=O)N3CCc4ccccc43)cn2)C1. The summed E-state index contributed by atoms with van der Waals surface area (Å²) in [5.74, 6) is 1.12. The third kappa shape index (κ3) is 3.86. The number of anilines is 2. The van der Waals surface area contributed by atoms with Crippen molar-refractivity contribution in [3.05, 3.63) is 53.7 Å². The van der Waals surface area contributed by atoms with E-state index in [-0.39, 0.29) is 11.8 Å². The highest BCUT2D eigenvalue weighted by Crippen LogP contribution is 2.29. The fraction of sp³-hybridized carbons (Fsp3) is 0.409. The minimum absolute atomic E-state index is 0.00183. The highest BCUT2D eigenvalue weighted by atomic mass is 16.2. The zero-order chi connectivity index (χ0) is 19.5. The van der Waals surface area contributed by atoms with E-state index >= 15 is 0 Å². The van der Waals surface area contributed by atoms with Gasteiger partial charge in [0, 0.05) is 37.9 Å². The molecule has 2 aliphatic rings. The lowest BCUT2D eigenvalue weighted by Crippen LogP contribution is -2.36. The summed E-state index contributed by atoms with van der Waals surface area (Å²) in [6.45, 7) is 2.55. The van der Waals surface area contributed by atoms with Gasteiger partial charge in [0.05, 0.1) is 5.56 Å². The molecular weight excluding hydrogens is 352 g/mol. The molecule has 1 saturated heterocycles. The van der Waals surface area contributed by atoms with Gasteiger partial charge in [0.15, 0.2) is 0 Å². The van der Waals surface area contributed by atoms with Crippen LogP contribution < -0.4 is 15.5 Å². The molecular formula is C22H26N4O2. The third-order valence-electron chi connectivity index (χ3n) is 5.77. The molecule has 0 saturated carbocycles. The predicted octanol–water partition coefficient (Wildman–Crippen LogP) is 2.77. The number of rotatable bonds is 5. The van der Waals surface area contributed by atoms with Crippen LogP contribution in [0.25, 0.3) is 0 Å². The summed E-state index contributed by atoms with van der Waals surface area (Å²) in [7, 11) is 0. The van der Waals surface area contributed by atoms with E-state index < -0.39 is 0 Å². The molecule has 1 aromatic carbocycles. The lowest BCUT2D eigenvalue weighted by molar-refractivity contribution is -0.118. The van der Waals surface area contributed by atoms with Crippen LogP contribution in [0.5, 0.6) is 0 Å². The Hall–Kier alpha value is -2.89. The minimum Gasteiger partial charge on any atom is -0.370 e. The largest absolute Gasteiger partial charge is 0.370 e. The number of benzene rings is 1. The number of hydrogen-bond acceptors (Lipinski definition) is 4. The first-order valence-electron chi connectivity index (χ1n) is 10.0. The maximum absolute atomic E-state index is 12.9. The molecule has 6 nitrogen and oxygen atoms in total. The molecule has 0 bridgehead atoms. The molecule has 1 atom stereocenters. The maximum atomic E-state index is 12.9. The number of carbonyl (C=O) groups is 2.